The van der Waals surface area contributed by atoms with Crippen LogP contribution in [0.5, 0.6) is 0 Å². The van der Waals surface area contributed by atoms with E-state index in [-0.39, 0.29) is 0 Å². The van der Waals surface area contributed by atoms with Gasteiger partial charge in [0.15, 0.2) is 0 Å². The van der Waals surface area contributed by atoms with Crippen molar-refractivity contribution in [1.29, 1.82) is 0 Å². The van der Waals surface area contributed by atoms with Crippen molar-refractivity contribution in [1.82, 2.24) is 4.57 Å². The average Bonchev–Trinajstić information content (AvgIpc) is 3.27. The maximum Gasteiger partial charge on any atom is 0.0482 e. The van der Waals surface area contributed by atoms with Gasteiger partial charge in [0.25, 0.3) is 0 Å². The molecule has 1 aromatic heterocycles. The van der Waals surface area contributed by atoms with Crippen LogP contribution in [0, 0.1) is 0 Å². The molecular formula is C30H29N5. The van der Waals surface area contributed by atoms with Crippen LogP contribution in [0.1, 0.15) is 0 Å². The Labute approximate surface area is 206 Å². The van der Waals surface area contributed by atoms with E-state index in [9.17, 15) is 0 Å². The van der Waals surface area contributed by atoms with Gasteiger partial charge in [-0.2, -0.15) is 0 Å². The molecule has 0 aliphatic carbocycles. The fourth-order valence-corrected chi connectivity index (χ4v) is 4.25. The molecule has 174 valence electrons. The van der Waals surface area contributed by atoms with Crippen molar-refractivity contribution in [2.45, 2.75) is 0 Å². The van der Waals surface area contributed by atoms with Crippen molar-refractivity contribution in [3.63, 3.8) is 0 Å². The Balaban J connectivity index is 1.33. The number of aromatic nitrogens is 1. The number of hydrogen-bond acceptors (Lipinski definition) is 4. The molecule has 0 amide bonds. The second-order valence-electron chi connectivity index (χ2n) is 8.68. The molecule has 0 fully saturated rings. The van der Waals surface area contributed by atoms with E-state index in [1.807, 2.05) is 48.5 Å². The molecule has 0 spiro atoms. The molecule has 1 heterocycles. The van der Waals surface area contributed by atoms with Gasteiger partial charge >= 0.3 is 0 Å². The lowest BCUT2D eigenvalue weighted by Gasteiger charge is -2.20. The van der Waals surface area contributed by atoms with E-state index in [0.717, 1.165) is 34.1 Å². The summed E-state index contributed by atoms with van der Waals surface area (Å²) in [5, 5.41) is 3.41. The predicted molar refractivity (Wildman–Crippen MR) is 149 cm³/mol. The number of nitrogens with two attached hydrogens (primary N) is 2. The number of nitrogen functional groups attached to an aromatic ring is 2. The first-order valence-electron chi connectivity index (χ1n) is 11.6. The first kappa shape index (κ1) is 22.2. The molecule has 0 aliphatic heterocycles. The molecule has 5 heteroatoms. The van der Waals surface area contributed by atoms with Crippen LogP contribution in [0.3, 0.4) is 0 Å². The highest BCUT2D eigenvalue weighted by molar-refractivity contribution is 5.74. The molecule has 0 aliphatic rings. The lowest BCUT2D eigenvalue weighted by molar-refractivity contribution is 0.946. The highest BCUT2D eigenvalue weighted by Crippen LogP contribution is 2.31. The van der Waals surface area contributed by atoms with Crippen molar-refractivity contribution in [3.05, 3.63) is 109 Å². The van der Waals surface area contributed by atoms with Crippen LogP contribution < -0.4 is 21.7 Å². The molecule has 0 saturated heterocycles. The first-order valence-corrected chi connectivity index (χ1v) is 11.6. The monoisotopic (exact) mass is 459 g/mol. The van der Waals surface area contributed by atoms with Crippen molar-refractivity contribution in [2.24, 2.45) is 7.05 Å². The minimum absolute atomic E-state index is 0.758. The molecule has 0 radical (unpaired) electrons. The van der Waals surface area contributed by atoms with Crippen LogP contribution in [-0.2, 0) is 7.05 Å². The molecule has 0 saturated carbocycles. The van der Waals surface area contributed by atoms with Crippen molar-refractivity contribution < 1.29 is 0 Å². The van der Waals surface area contributed by atoms with Gasteiger partial charge in [-0.15, -0.1) is 0 Å². The van der Waals surface area contributed by atoms with E-state index < -0.39 is 0 Å². The van der Waals surface area contributed by atoms with Crippen molar-refractivity contribution in [3.8, 4) is 22.5 Å². The maximum absolute atomic E-state index is 5.82. The Kier molecular flexibility index (Phi) is 5.90. The summed E-state index contributed by atoms with van der Waals surface area (Å²) in [4.78, 5) is 2.15. The van der Waals surface area contributed by atoms with Crippen LogP contribution >= 0.6 is 0 Å². The Morgan fingerprint density at radius 2 is 0.914 bits per heavy atom. The van der Waals surface area contributed by atoms with Gasteiger partial charge in [0.2, 0.25) is 0 Å². The quantitative estimate of drug-likeness (QED) is 0.238. The average molecular weight is 460 g/mol. The van der Waals surface area contributed by atoms with E-state index in [4.69, 9.17) is 11.5 Å². The number of anilines is 6. The summed E-state index contributed by atoms with van der Waals surface area (Å²) >= 11 is 0. The van der Waals surface area contributed by atoms with E-state index in [2.05, 4.69) is 89.5 Å². The molecule has 5 N–H and O–H groups in total. The Hall–Kier alpha value is -4.64. The molecular weight excluding hydrogens is 430 g/mol. The standard InChI is InChI=1S/C30H29N5/c1-34(28-17-9-24(32)10-18-28)27-15-5-22(6-16-27)30-20-19-29(35(30)2)21-3-11-25(12-4-21)33-26-13-7-23(31)8-14-26/h3-20,33H,31-32H2,1-2H3. The fraction of sp³-hybridized carbons (Fsp3) is 0.0667. The van der Waals surface area contributed by atoms with Gasteiger partial charge in [0, 0.05) is 59.6 Å². The maximum atomic E-state index is 5.82. The highest BCUT2D eigenvalue weighted by atomic mass is 15.1. The van der Waals surface area contributed by atoms with Gasteiger partial charge < -0.3 is 26.3 Å². The van der Waals surface area contributed by atoms with Crippen LogP contribution in [0.15, 0.2) is 109 Å². The zero-order valence-electron chi connectivity index (χ0n) is 19.9. The highest BCUT2D eigenvalue weighted by Gasteiger charge is 2.10. The Morgan fingerprint density at radius 3 is 1.40 bits per heavy atom. The zero-order valence-corrected chi connectivity index (χ0v) is 19.9. The Morgan fingerprint density at radius 1 is 0.543 bits per heavy atom. The zero-order chi connectivity index (χ0) is 24.4. The van der Waals surface area contributed by atoms with Crippen LogP contribution in [-0.4, -0.2) is 11.6 Å². The van der Waals surface area contributed by atoms with Gasteiger partial charge in [-0.1, -0.05) is 24.3 Å². The molecule has 0 bridgehead atoms. The van der Waals surface area contributed by atoms with Crippen LogP contribution in [0.2, 0.25) is 0 Å². The first-order chi connectivity index (χ1) is 17.0. The fourth-order valence-electron chi connectivity index (χ4n) is 4.25. The third kappa shape index (κ3) is 4.70. The molecule has 0 unspecified atom stereocenters. The smallest absolute Gasteiger partial charge is 0.0482 e. The van der Waals surface area contributed by atoms with Crippen molar-refractivity contribution >= 4 is 34.1 Å². The summed E-state index contributed by atoms with van der Waals surface area (Å²) in [6, 6.07) is 37.1. The van der Waals surface area contributed by atoms with E-state index in [0.29, 0.717) is 0 Å². The number of benzene rings is 4. The molecule has 5 aromatic rings. The largest absolute Gasteiger partial charge is 0.399 e. The third-order valence-electron chi connectivity index (χ3n) is 6.33. The molecule has 0 atom stereocenters. The second-order valence-corrected chi connectivity index (χ2v) is 8.68. The van der Waals surface area contributed by atoms with E-state index in [1.165, 1.54) is 22.5 Å². The van der Waals surface area contributed by atoms with Gasteiger partial charge in [-0.25, -0.2) is 0 Å². The van der Waals surface area contributed by atoms with E-state index >= 15 is 0 Å². The predicted octanol–water partition coefficient (Wildman–Crippen LogP) is 7.04. The van der Waals surface area contributed by atoms with Gasteiger partial charge in [-0.05, 0) is 96.1 Å². The minimum atomic E-state index is 0.758. The molecule has 5 rings (SSSR count). The minimum Gasteiger partial charge on any atom is -0.399 e. The molecule has 5 nitrogen and oxygen atoms in total. The van der Waals surface area contributed by atoms with Crippen molar-refractivity contribution in [2.75, 3.05) is 28.7 Å². The third-order valence-corrected chi connectivity index (χ3v) is 6.33. The summed E-state index contributed by atoms with van der Waals surface area (Å²) in [5.74, 6) is 0. The van der Waals surface area contributed by atoms with Gasteiger partial charge in [0.1, 0.15) is 0 Å². The molecule has 4 aromatic carbocycles. The van der Waals surface area contributed by atoms with Gasteiger partial charge in [-0.3, -0.25) is 0 Å². The van der Waals surface area contributed by atoms with E-state index in [1.54, 1.807) is 0 Å². The van der Waals surface area contributed by atoms with Crippen LogP contribution in [0.4, 0.5) is 34.1 Å². The molecule has 35 heavy (non-hydrogen) atoms. The summed E-state index contributed by atoms with van der Waals surface area (Å²) in [7, 11) is 4.17. The normalized spacial score (nSPS) is 10.8. The summed E-state index contributed by atoms with van der Waals surface area (Å²) in [6.07, 6.45) is 0. The lowest BCUT2D eigenvalue weighted by atomic mass is 10.1. The number of rotatable bonds is 6. The summed E-state index contributed by atoms with van der Waals surface area (Å²) < 4.78 is 2.24. The number of hydrogen-bond donors (Lipinski definition) is 3. The SMILES string of the molecule is CN(c1ccc(N)cc1)c1ccc(-c2ccc(-c3ccc(Nc4ccc(N)cc4)cc3)n2C)cc1. The lowest BCUT2D eigenvalue weighted by Crippen LogP contribution is -2.09. The van der Waals surface area contributed by atoms with Gasteiger partial charge in [0.05, 0.1) is 0 Å². The summed E-state index contributed by atoms with van der Waals surface area (Å²) in [6.45, 7) is 0. The second kappa shape index (κ2) is 9.31. The summed E-state index contributed by atoms with van der Waals surface area (Å²) in [5.41, 5.74) is 22.1. The number of nitrogens with zero attached hydrogens (tertiary/aromatic N) is 2. The number of nitrogens with one attached hydrogen (secondary N) is 1. The van der Waals surface area contributed by atoms with Crippen LogP contribution in [0.25, 0.3) is 22.5 Å². The Bertz CT molecular complexity index is 1410. The topological polar surface area (TPSA) is 72.2 Å².